The molecule has 0 fully saturated rings. The highest BCUT2D eigenvalue weighted by atomic mass is 16.1. The Morgan fingerprint density at radius 3 is 2.60 bits per heavy atom. The Morgan fingerprint density at radius 1 is 1.00 bits per heavy atom. The monoisotopic (exact) mass is 262 g/mol. The van der Waals surface area contributed by atoms with Crippen LogP contribution in [-0.4, -0.2) is 10.9 Å². The maximum atomic E-state index is 11.8. The minimum Gasteiger partial charge on any atom is -0.361 e. The molecule has 0 spiro atoms. The summed E-state index contributed by atoms with van der Waals surface area (Å²) in [4.78, 5) is 15.0. The van der Waals surface area contributed by atoms with Gasteiger partial charge in [0.1, 0.15) is 0 Å². The second-order valence-electron chi connectivity index (χ2n) is 4.48. The van der Waals surface area contributed by atoms with Crippen LogP contribution in [0.3, 0.4) is 0 Å². The maximum Gasteiger partial charge on any atom is 0.248 e. The molecule has 3 nitrogen and oxygen atoms in total. The van der Waals surface area contributed by atoms with Crippen LogP contribution in [0.5, 0.6) is 0 Å². The van der Waals surface area contributed by atoms with Gasteiger partial charge in [-0.05, 0) is 29.8 Å². The van der Waals surface area contributed by atoms with E-state index < -0.39 is 0 Å². The maximum absolute atomic E-state index is 11.8. The predicted molar refractivity (Wildman–Crippen MR) is 82.4 cm³/mol. The number of amides is 1. The van der Waals surface area contributed by atoms with Crippen LogP contribution in [0.2, 0.25) is 0 Å². The Morgan fingerprint density at radius 2 is 1.75 bits per heavy atom. The number of aromatic nitrogens is 1. The molecule has 2 aromatic carbocycles. The molecule has 0 atom stereocenters. The molecule has 1 heterocycles. The minimum absolute atomic E-state index is 0.138. The van der Waals surface area contributed by atoms with Crippen molar-refractivity contribution in [2.45, 2.75) is 0 Å². The van der Waals surface area contributed by atoms with Gasteiger partial charge in [-0.15, -0.1) is 0 Å². The molecule has 0 aliphatic carbocycles. The molecule has 2 N–H and O–H groups in total. The summed E-state index contributed by atoms with van der Waals surface area (Å²) in [5, 5.41) is 3.92. The summed E-state index contributed by atoms with van der Waals surface area (Å²) in [6, 6.07) is 17.4. The van der Waals surface area contributed by atoms with Gasteiger partial charge < -0.3 is 10.3 Å². The Hall–Kier alpha value is -2.81. The van der Waals surface area contributed by atoms with E-state index in [1.54, 1.807) is 6.08 Å². The third-order valence-electron chi connectivity index (χ3n) is 3.08. The fourth-order valence-electron chi connectivity index (χ4n) is 2.10. The summed E-state index contributed by atoms with van der Waals surface area (Å²) in [5.74, 6) is -0.138. The Balaban J connectivity index is 1.75. The van der Waals surface area contributed by atoms with Crippen LogP contribution in [0.4, 0.5) is 5.69 Å². The summed E-state index contributed by atoms with van der Waals surface area (Å²) < 4.78 is 0. The van der Waals surface area contributed by atoms with E-state index in [0.717, 1.165) is 22.2 Å². The minimum atomic E-state index is -0.138. The number of hydrogen-bond donors (Lipinski definition) is 2. The van der Waals surface area contributed by atoms with Crippen LogP contribution in [0.25, 0.3) is 17.0 Å². The van der Waals surface area contributed by atoms with E-state index >= 15 is 0 Å². The van der Waals surface area contributed by atoms with E-state index in [0.29, 0.717) is 0 Å². The van der Waals surface area contributed by atoms with E-state index in [4.69, 9.17) is 0 Å². The molecule has 0 radical (unpaired) electrons. The molecule has 0 unspecified atom stereocenters. The molecule has 3 aromatic rings. The van der Waals surface area contributed by atoms with E-state index in [9.17, 15) is 4.79 Å². The van der Waals surface area contributed by atoms with Crippen molar-refractivity contribution >= 4 is 28.6 Å². The van der Waals surface area contributed by atoms with E-state index in [-0.39, 0.29) is 5.91 Å². The predicted octanol–water partition coefficient (Wildman–Crippen LogP) is 3.82. The molecule has 1 amide bonds. The lowest BCUT2D eigenvalue weighted by molar-refractivity contribution is -0.111. The van der Waals surface area contributed by atoms with Gasteiger partial charge >= 0.3 is 0 Å². The SMILES string of the molecule is O=C(/C=C/c1c[nH]c2ccccc12)Nc1ccccc1. The summed E-state index contributed by atoms with van der Waals surface area (Å²) in [7, 11) is 0. The molecular formula is C17H14N2O. The molecule has 0 saturated carbocycles. The number of carbonyl (C=O) groups is 1. The van der Waals surface area contributed by atoms with Gasteiger partial charge in [-0.25, -0.2) is 0 Å². The third kappa shape index (κ3) is 2.62. The zero-order valence-electron chi connectivity index (χ0n) is 10.8. The van der Waals surface area contributed by atoms with Gasteiger partial charge in [-0.2, -0.15) is 0 Å². The average molecular weight is 262 g/mol. The summed E-state index contributed by atoms with van der Waals surface area (Å²) in [6.45, 7) is 0. The van der Waals surface area contributed by atoms with Crippen molar-refractivity contribution in [1.82, 2.24) is 4.98 Å². The Kier molecular flexibility index (Phi) is 3.33. The number of hydrogen-bond acceptors (Lipinski definition) is 1. The number of para-hydroxylation sites is 2. The second-order valence-corrected chi connectivity index (χ2v) is 4.48. The van der Waals surface area contributed by atoms with Gasteiger partial charge in [0.05, 0.1) is 0 Å². The second kappa shape index (κ2) is 5.45. The summed E-state index contributed by atoms with van der Waals surface area (Å²) >= 11 is 0. The van der Waals surface area contributed by atoms with Gasteiger partial charge in [-0.1, -0.05) is 36.4 Å². The van der Waals surface area contributed by atoms with Crippen molar-refractivity contribution in [2.75, 3.05) is 5.32 Å². The van der Waals surface area contributed by atoms with Gasteiger partial charge in [0.25, 0.3) is 0 Å². The molecule has 3 heteroatoms. The lowest BCUT2D eigenvalue weighted by Crippen LogP contribution is -2.07. The van der Waals surface area contributed by atoms with E-state index in [1.807, 2.05) is 66.9 Å². The largest absolute Gasteiger partial charge is 0.361 e. The first-order chi connectivity index (χ1) is 9.83. The van der Waals surface area contributed by atoms with Crippen LogP contribution in [0.1, 0.15) is 5.56 Å². The average Bonchev–Trinajstić information content (AvgIpc) is 2.89. The van der Waals surface area contributed by atoms with Crippen molar-refractivity contribution in [2.24, 2.45) is 0 Å². The normalized spacial score (nSPS) is 11.0. The van der Waals surface area contributed by atoms with Crippen molar-refractivity contribution in [3.8, 4) is 0 Å². The first-order valence-corrected chi connectivity index (χ1v) is 6.43. The fourth-order valence-corrected chi connectivity index (χ4v) is 2.10. The summed E-state index contributed by atoms with van der Waals surface area (Å²) in [6.07, 6.45) is 5.26. The van der Waals surface area contributed by atoms with Crippen LogP contribution >= 0.6 is 0 Å². The smallest absolute Gasteiger partial charge is 0.248 e. The van der Waals surface area contributed by atoms with Crippen LogP contribution in [-0.2, 0) is 4.79 Å². The first-order valence-electron chi connectivity index (χ1n) is 6.43. The molecule has 0 aliphatic heterocycles. The molecular weight excluding hydrogens is 248 g/mol. The van der Waals surface area contributed by atoms with Crippen LogP contribution < -0.4 is 5.32 Å². The molecule has 0 aliphatic rings. The lowest BCUT2D eigenvalue weighted by Gasteiger charge is -2.00. The zero-order valence-corrected chi connectivity index (χ0v) is 10.8. The highest BCUT2D eigenvalue weighted by Gasteiger charge is 2.00. The van der Waals surface area contributed by atoms with Crippen molar-refractivity contribution in [3.05, 3.63) is 72.4 Å². The molecule has 20 heavy (non-hydrogen) atoms. The number of rotatable bonds is 3. The van der Waals surface area contributed by atoms with Crippen LogP contribution in [0, 0.1) is 0 Å². The van der Waals surface area contributed by atoms with Gasteiger partial charge in [0, 0.05) is 28.9 Å². The molecule has 0 saturated heterocycles. The lowest BCUT2D eigenvalue weighted by atomic mass is 10.1. The zero-order chi connectivity index (χ0) is 13.8. The highest BCUT2D eigenvalue weighted by molar-refractivity contribution is 6.03. The number of anilines is 1. The number of fused-ring (bicyclic) bond motifs is 1. The quantitative estimate of drug-likeness (QED) is 0.692. The Labute approximate surface area is 116 Å². The van der Waals surface area contributed by atoms with Gasteiger partial charge in [0.15, 0.2) is 0 Å². The molecule has 1 aromatic heterocycles. The number of nitrogens with one attached hydrogen (secondary N) is 2. The molecule has 3 rings (SSSR count). The number of benzene rings is 2. The standard InChI is InChI=1S/C17H14N2O/c20-17(19-14-6-2-1-3-7-14)11-10-13-12-18-16-9-5-4-8-15(13)16/h1-12,18H,(H,19,20)/b11-10+. The molecule has 0 bridgehead atoms. The number of aromatic amines is 1. The number of H-pyrrole nitrogens is 1. The summed E-state index contributed by atoms with van der Waals surface area (Å²) in [5.41, 5.74) is 2.86. The van der Waals surface area contributed by atoms with E-state index in [1.165, 1.54) is 0 Å². The van der Waals surface area contributed by atoms with Crippen molar-refractivity contribution in [3.63, 3.8) is 0 Å². The third-order valence-corrected chi connectivity index (χ3v) is 3.08. The topological polar surface area (TPSA) is 44.9 Å². The number of carbonyl (C=O) groups excluding carboxylic acids is 1. The Bertz CT molecular complexity index is 757. The van der Waals surface area contributed by atoms with Crippen LogP contribution in [0.15, 0.2) is 66.9 Å². The molecule has 98 valence electrons. The van der Waals surface area contributed by atoms with Crippen molar-refractivity contribution in [1.29, 1.82) is 0 Å². The fraction of sp³-hybridized carbons (Fsp3) is 0. The first kappa shape index (κ1) is 12.2. The van der Waals surface area contributed by atoms with Gasteiger partial charge in [0.2, 0.25) is 5.91 Å². The van der Waals surface area contributed by atoms with E-state index in [2.05, 4.69) is 10.3 Å². The van der Waals surface area contributed by atoms with Crippen molar-refractivity contribution < 1.29 is 4.79 Å². The van der Waals surface area contributed by atoms with Gasteiger partial charge in [-0.3, -0.25) is 4.79 Å². The highest BCUT2D eigenvalue weighted by Crippen LogP contribution is 2.18.